The van der Waals surface area contributed by atoms with Gasteiger partial charge in [0.05, 0.1) is 39.9 Å². The molecule has 0 aromatic rings. The number of aliphatic hydroxyl groups is 1. The summed E-state index contributed by atoms with van der Waals surface area (Å²) < 4.78 is 23.5. The molecule has 0 heterocycles. The summed E-state index contributed by atoms with van der Waals surface area (Å²) >= 11 is 0. The quantitative estimate of drug-likeness (QED) is 0.0248. The van der Waals surface area contributed by atoms with Crippen molar-refractivity contribution in [2.24, 2.45) is 0 Å². The normalized spacial score (nSPS) is 15.3. The fourth-order valence-corrected chi connectivity index (χ4v) is 6.26. The molecule has 57 heavy (non-hydrogen) atoms. The molecule has 8 nitrogen and oxygen atoms in total. The van der Waals surface area contributed by atoms with E-state index in [4.69, 9.17) is 9.05 Å². The van der Waals surface area contributed by atoms with Crippen LogP contribution in [-0.4, -0.2) is 73.4 Å². The molecule has 0 aliphatic heterocycles. The van der Waals surface area contributed by atoms with E-state index in [-0.39, 0.29) is 25.5 Å². The summed E-state index contributed by atoms with van der Waals surface area (Å²) in [6.07, 6.45) is 54.8. The Bertz CT molecular complexity index is 1240. The predicted molar refractivity (Wildman–Crippen MR) is 244 cm³/mol. The SMILES string of the molecule is CC/C=C\C/C=C\C/C=C\C/C=C\C/C=C\C/C=C\CCCCC(=O)NC(COP(=O)(O)OCC[N+](C)(C)C)C(O)/C=C/CC/C=C/CCCCCCCCCC. The van der Waals surface area contributed by atoms with Gasteiger partial charge < -0.3 is 19.8 Å². The molecular formula is C48H84N2O6P+. The highest BCUT2D eigenvalue weighted by atomic mass is 31.2. The molecule has 0 bridgehead atoms. The number of carbonyl (C=O) groups is 1. The summed E-state index contributed by atoms with van der Waals surface area (Å²) in [6, 6.07) is -0.892. The average Bonchev–Trinajstić information content (AvgIpc) is 3.16. The van der Waals surface area contributed by atoms with Gasteiger partial charge in [-0.3, -0.25) is 13.8 Å². The van der Waals surface area contributed by atoms with Crippen LogP contribution in [0.25, 0.3) is 0 Å². The average molecular weight is 816 g/mol. The van der Waals surface area contributed by atoms with Gasteiger partial charge in [0.25, 0.3) is 0 Å². The first-order chi connectivity index (χ1) is 27.5. The second-order valence-corrected chi connectivity index (χ2v) is 17.1. The summed E-state index contributed by atoms with van der Waals surface area (Å²) in [5.74, 6) is -0.235. The van der Waals surface area contributed by atoms with Crippen molar-refractivity contribution in [3.8, 4) is 0 Å². The number of nitrogens with one attached hydrogen (secondary N) is 1. The van der Waals surface area contributed by atoms with Gasteiger partial charge in [-0.1, -0.05) is 156 Å². The smallest absolute Gasteiger partial charge is 0.387 e. The molecule has 3 atom stereocenters. The topological polar surface area (TPSA) is 105 Å². The highest BCUT2D eigenvalue weighted by molar-refractivity contribution is 7.47. The van der Waals surface area contributed by atoms with Crippen LogP contribution in [0.2, 0.25) is 0 Å². The van der Waals surface area contributed by atoms with E-state index in [0.717, 1.165) is 70.6 Å². The molecule has 0 saturated heterocycles. The Hall–Kier alpha value is -2.58. The fourth-order valence-electron chi connectivity index (χ4n) is 5.53. The molecular weight excluding hydrogens is 732 g/mol. The first-order valence-electron chi connectivity index (χ1n) is 22.1. The molecule has 0 spiro atoms. The molecule has 0 saturated carbocycles. The number of allylic oxidation sites excluding steroid dienone is 15. The van der Waals surface area contributed by atoms with Gasteiger partial charge in [-0.2, -0.15) is 0 Å². The molecule has 0 fully saturated rings. The third-order valence-electron chi connectivity index (χ3n) is 9.04. The lowest BCUT2D eigenvalue weighted by Crippen LogP contribution is -2.45. The number of aliphatic hydroxyl groups excluding tert-OH is 1. The van der Waals surface area contributed by atoms with Crippen molar-refractivity contribution < 1.29 is 32.9 Å². The maximum absolute atomic E-state index is 12.9. The lowest BCUT2D eigenvalue weighted by atomic mass is 10.1. The lowest BCUT2D eigenvalue weighted by molar-refractivity contribution is -0.870. The number of likely N-dealkylation sites (N-methyl/N-ethyl adjacent to an activating group) is 1. The van der Waals surface area contributed by atoms with E-state index in [2.05, 4.69) is 104 Å². The zero-order valence-electron chi connectivity index (χ0n) is 36.8. The van der Waals surface area contributed by atoms with Gasteiger partial charge in [-0.05, 0) is 83.5 Å². The summed E-state index contributed by atoms with van der Waals surface area (Å²) in [6.45, 7) is 4.60. The Labute approximate surface area is 349 Å². The van der Waals surface area contributed by atoms with Gasteiger partial charge in [0, 0.05) is 6.42 Å². The van der Waals surface area contributed by atoms with Crippen LogP contribution in [0.3, 0.4) is 0 Å². The third-order valence-corrected chi connectivity index (χ3v) is 10.0. The van der Waals surface area contributed by atoms with Crippen LogP contribution in [0.15, 0.2) is 97.2 Å². The van der Waals surface area contributed by atoms with Gasteiger partial charge in [-0.15, -0.1) is 0 Å². The maximum atomic E-state index is 12.9. The predicted octanol–water partition coefficient (Wildman–Crippen LogP) is 12.4. The van der Waals surface area contributed by atoms with Gasteiger partial charge >= 0.3 is 7.82 Å². The van der Waals surface area contributed by atoms with E-state index in [1.54, 1.807) is 6.08 Å². The second kappa shape index (κ2) is 38.9. The van der Waals surface area contributed by atoms with Gasteiger partial charge in [0.15, 0.2) is 0 Å². The van der Waals surface area contributed by atoms with E-state index in [0.29, 0.717) is 17.4 Å². The Kier molecular flexibility index (Phi) is 37.2. The number of phosphoric ester groups is 1. The summed E-state index contributed by atoms with van der Waals surface area (Å²) in [4.78, 5) is 23.1. The molecule has 1 amide bonds. The van der Waals surface area contributed by atoms with E-state index in [1.807, 2.05) is 27.2 Å². The Morgan fingerprint density at radius 2 is 1.07 bits per heavy atom. The third kappa shape index (κ3) is 41.4. The first-order valence-corrected chi connectivity index (χ1v) is 23.6. The maximum Gasteiger partial charge on any atom is 0.472 e. The molecule has 3 N–H and O–H groups in total. The number of quaternary nitrogens is 1. The minimum Gasteiger partial charge on any atom is -0.387 e. The highest BCUT2D eigenvalue weighted by Crippen LogP contribution is 2.43. The zero-order chi connectivity index (χ0) is 42.1. The molecule has 326 valence electrons. The minimum atomic E-state index is -4.36. The van der Waals surface area contributed by atoms with Gasteiger partial charge in [0.1, 0.15) is 13.2 Å². The van der Waals surface area contributed by atoms with Crippen LogP contribution < -0.4 is 5.32 Å². The van der Waals surface area contributed by atoms with Crippen molar-refractivity contribution in [3.05, 3.63) is 97.2 Å². The molecule has 0 aliphatic rings. The molecule has 0 aromatic carbocycles. The molecule has 0 radical (unpaired) electrons. The van der Waals surface area contributed by atoms with Crippen molar-refractivity contribution >= 4 is 13.7 Å². The summed E-state index contributed by atoms with van der Waals surface area (Å²) in [5.41, 5.74) is 0. The standard InChI is InChI=1S/C48H83N2O6P/c1-6-8-10-12-14-16-18-20-22-23-24-25-26-27-28-30-32-34-36-38-40-42-48(52)49-46(45-56-57(53,54)55-44-43-50(3,4)5)47(51)41-39-37-35-33-31-29-21-19-17-15-13-11-9-7-2/h8,10,14,16,20,22,24-25,27-28,31-34,39,41,46-47,51H,6-7,9,11-13,15,17-19,21,23,26,29-30,35-38,40,42-45H2,1-5H3,(H-,49,52,53,54)/p+1/b10-8-,16-14-,22-20-,25-24-,28-27-,33-31+,34-32-,41-39+. The van der Waals surface area contributed by atoms with Crippen LogP contribution in [0, 0.1) is 0 Å². The largest absolute Gasteiger partial charge is 0.472 e. The first kappa shape index (κ1) is 54.4. The van der Waals surface area contributed by atoms with Crippen LogP contribution in [0.5, 0.6) is 0 Å². The van der Waals surface area contributed by atoms with Gasteiger partial charge in [0.2, 0.25) is 5.91 Å². The van der Waals surface area contributed by atoms with E-state index in [9.17, 15) is 19.4 Å². The van der Waals surface area contributed by atoms with E-state index < -0.39 is 20.0 Å². The monoisotopic (exact) mass is 816 g/mol. The molecule has 0 aromatic heterocycles. The number of phosphoric acid groups is 1. The zero-order valence-corrected chi connectivity index (χ0v) is 37.7. The number of amides is 1. The van der Waals surface area contributed by atoms with Crippen LogP contribution in [-0.2, 0) is 18.4 Å². The van der Waals surface area contributed by atoms with Crippen molar-refractivity contribution in [3.63, 3.8) is 0 Å². The van der Waals surface area contributed by atoms with Crippen molar-refractivity contribution in [1.29, 1.82) is 0 Å². The number of carbonyl (C=O) groups excluding carboxylic acids is 1. The lowest BCUT2D eigenvalue weighted by Gasteiger charge is -2.25. The Balaban J connectivity index is 4.58. The van der Waals surface area contributed by atoms with Crippen molar-refractivity contribution in [1.82, 2.24) is 5.32 Å². The summed E-state index contributed by atoms with van der Waals surface area (Å²) in [5, 5.41) is 13.8. The minimum absolute atomic E-state index is 0.0418. The highest BCUT2D eigenvalue weighted by Gasteiger charge is 2.27. The van der Waals surface area contributed by atoms with E-state index in [1.165, 1.54) is 51.4 Å². The molecule has 3 unspecified atom stereocenters. The molecule has 9 heteroatoms. The van der Waals surface area contributed by atoms with Crippen LogP contribution in [0.4, 0.5) is 0 Å². The van der Waals surface area contributed by atoms with Crippen LogP contribution >= 0.6 is 7.82 Å². The van der Waals surface area contributed by atoms with E-state index >= 15 is 0 Å². The Morgan fingerprint density at radius 1 is 0.614 bits per heavy atom. The van der Waals surface area contributed by atoms with Crippen molar-refractivity contribution in [2.75, 3.05) is 40.9 Å². The fraction of sp³-hybridized carbons (Fsp3) is 0.646. The Morgan fingerprint density at radius 3 is 1.61 bits per heavy atom. The summed E-state index contributed by atoms with van der Waals surface area (Å²) in [7, 11) is 1.50. The number of hydrogen-bond acceptors (Lipinski definition) is 5. The second-order valence-electron chi connectivity index (χ2n) is 15.7. The number of unbranched alkanes of at least 4 members (excludes halogenated alkanes) is 11. The number of hydrogen-bond donors (Lipinski definition) is 3. The van der Waals surface area contributed by atoms with Crippen LogP contribution in [0.1, 0.15) is 149 Å². The van der Waals surface area contributed by atoms with Crippen molar-refractivity contribution in [2.45, 2.75) is 161 Å². The molecule has 0 rings (SSSR count). The number of rotatable bonds is 38. The van der Waals surface area contributed by atoms with Gasteiger partial charge in [-0.25, -0.2) is 4.57 Å². The number of nitrogens with zero attached hydrogens (tertiary/aromatic N) is 1. The molecule has 0 aliphatic carbocycles.